The highest BCUT2D eigenvalue weighted by Crippen LogP contribution is 2.37. The predicted octanol–water partition coefficient (Wildman–Crippen LogP) is 2.23. The number of phenolic OH excluding ortho intramolecular Hbond substituents is 1. The number of anilines is 1. The number of phenols is 1. The van der Waals surface area contributed by atoms with Crippen LogP contribution in [0.1, 0.15) is 10.4 Å². The molecule has 0 bridgehead atoms. The molecule has 20 heavy (non-hydrogen) atoms. The SMILES string of the molecule is O=C(O)c1ccc(O)c(NC(=O)C(F)(F)C(F)(F)F)c1. The van der Waals surface area contributed by atoms with Gasteiger partial charge in [0, 0.05) is 0 Å². The molecule has 0 saturated carbocycles. The molecule has 0 atom stereocenters. The van der Waals surface area contributed by atoms with Crippen molar-refractivity contribution in [3.05, 3.63) is 23.8 Å². The lowest BCUT2D eigenvalue weighted by Crippen LogP contribution is -2.47. The smallest absolute Gasteiger partial charge is 0.463 e. The van der Waals surface area contributed by atoms with E-state index in [1.54, 1.807) is 0 Å². The number of hydrogen-bond donors (Lipinski definition) is 3. The molecule has 1 aromatic rings. The van der Waals surface area contributed by atoms with Crippen LogP contribution in [0.5, 0.6) is 5.75 Å². The van der Waals surface area contributed by atoms with Gasteiger partial charge in [-0.1, -0.05) is 0 Å². The summed E-state index contributed by atoms with van der Waals surface area (Å²) in [4.78, 5) is 21.5. The molecular formula is C10H6F5NO4. The molecular weight excluding hydrogens is 293 g/mol. The van der Waals surface area contributed by atoms with Gasteiger partial charge in [0.1, 0.15) is 5.75 Å². The summed E-state index contributed by atoms with van der Waals surface area (Å²) in [6.45, 7) is 0. The van der Waals surface area contributed by atoms with Crippen LogP contribution in [-0.2, 0) is 4.79 Å². The fraction of sp³-hybridized carbons (Fsp3) is 0.200. The summed E-state index contributed by atoms with van der Waals surface area (Å²) in [7, 11) is 0. The van der Waals surface area contributed by atoms with E-state index >= 15 is 0 Å². The van der Waals surface area contributed by atoms with Crippen LogP contribution < -0.4 is 5.32 Å². The Kier molecular flexibility index (Phi) is 3.87. The highest BCUT2D eigenvalue weighted by atomic mass is 19.4. The van der Waals surface area contributed by atoms with Crippen molar-refractivity contribution in [3.8, 4) is 5.75 Å². The Hall–Kier alpha value is -2.39. The molecule has 3 N–H and O–H groups in total. The molecule has 1 aromatic carbocycles. The number of nitrogens with one attached hydrogen (secondary N) is 1. The fourth-order valence-electron chi connectivity index (χ4n) is 1.10. The first-order valence-corrected chi connectivity index (χ1v) is 4.79. The van der Waals surface area contributed by atoms with Crippen molar-refractivity contribution in [2.75, 3.05) is 5.32 Å². The molecule has 0 aliphatic carbocycles. The molecule has 1 amide bonds. The van der Waals surface area contributed by atoms with E-state index in [1.807, 2.05) is 0 Å². The third-order valence-electron chi connectivity index (χ3n) is 2.13. The molecule has 0 fully saturated rings. The first-order chi connectivity index (χ1) is 8.96. The van der Waals surface area contributed by atoms with Crippen LogP contribution in [0.3, 0.4) is 0 Å². The average molecular weight is 299 g/mol. The van der Waals surface area contributed by atoms with Gasteiger partial charge >= 0.3 is 24.0 Å². The van der Waals surface area contributed by atoms with E-state index in [9.17, 15) is 36.6 Å². The van der Waals surface area contributed by atoms with Crippen molar-refractivity contribution in [1.82, 2.24) is 0 Å². The lowest BCUT2D eigenvalue weighted by molar-refractivity contribution is -0.267. The van der Waals surface area contributed by atoms with Crippen LogP contribution in [0.25, 0.3) is 0 Å². The summed E-state index contributed by atoms with van der Waals surface area (Å²) in [6, 6.07) is 2.14. The summed E-state index contributed by atoms with van der Waals surface area (Å²) < 4.78 is 61.1. The normalized spacial score (nSPS) is 12.1. The number of aromatic carboxylic acids is 1. The van der Waals surface area contributed by atoms with Crippen LogP contribution in [0.2, 0.25) is 0 Å². The van der Waals surface area contributed by atoms with Crippen molar-refractivity contribution >= 4 is 17.6 Å². The van der Waals surface area contributed by atoms with Crippen molar-refractivity contribution in [1.29, 1.82) is 0 Å². The minimum atomic E-state index is -6.11. The average Bonchev–Trinajstić information content (AvgIpc) is 2.29. The molecule has 0 aromatic heterocycles. The van der Waals surface area contributed by atoms with Crippen LogP contribution in [0, 0.1) is 0 Å². The van der Waals surface area contributed by atoms with Gasteiger partial charge in [-0.3, -0.25) is 4.79 Å². The Labute approximate surface area is 107 Å². The molecule has 10 heteroatoms. The number of carboxylic acid groups (broad SMARTS) is 1. The van der Waals surface area contributed by atoms with Gasteiger partial charge in [0.15, 0.2) is 0 Å². The Balaban J connectivity index is 3.08. The number of carboxylic acids is 1. The highest BCUT2D eigenvalue weighted by molar-refractivity contribution is 5.99. The van der Waals surface area contributed by atoms with Gasteiger partial charge in [-0.15, -0.1) is 0 Å². The minimum Gasteiger partial charge on any atom is -0.506 e. The molecule has 0 aliphatic heterocycles. The third-order valence-corrected chi connectivity index (χ3v) is 2.13. The quantitative estimate of drug-likeness (QED) is 0.590. The van der Waals surface area contributed by atoms with Crippen LogP contribution in [-0.4, -0.2) is 34.2 Å². The fourth-order valence-corrected chi connectivity index (χ4v) is 1.10. The number of hydrogen-bond acceptors (Lipinski definition) is 3. The maximum Gasteiger partial charge on any atom is 0.463 e. The molecule has 0 aliphatic rings. The second kappa shape index (κ2) is 4.94. The topological polar surface area (TPSA) is 86.6 Å². The van der Waals surface area contributed by atoms with Crippen molar-refractivity contribution in [3.63, 3.8) is 0 Å². The third kappa shape index (κ3) is 2.95. The molecule has 0 spiro atoms. The first kappa shape index (κ1) is 15.7. The lowest BCUT2D eigenvalue weighted by Gasteiger charge is -2.19. The van der Waals surface area contributed by atoms with E-state index in [4.69, 9.17) is 5.11 Å². The van der Waals surface area contributed by atoms with Gasteiger partial charge in [-0.2, -0.15) is 22.0 Å². The van der Waals surface area contributed by atoms with E-state index in [-0.39, 0.29) is 0 Å². The maximum atomic E-state index is 12.7. The van der Waals surface area contributed by atoms with Crippen LogP contribution in [0.15, 0.2) is 18.2 Å². The molecule has 0 heterocycles. The minimum absolute atomic E-state index is 0.520. The van der Waals surface area contributed by atoms with Gasteiger partial charge in [0.2, 0.25) is 0 Å². The first-order valence-electron chi connectivity index (χ1n) is 4.79. The molecule has 0 unspecified atom stereocenters. The largest absolute Gasteiger partial charge is 0.506 e. The number of carbonyl (C=O) groups excluding carboxylic acids is 1. The summed E-state index contributed by atoms with van der Waals surface area (Å²) in [5.41, 5.74) is -1.40. The van der Waals surface area contributed by atoms with Crippen molar-refractivity contribution in [2.24, 2.45) is 0 Å². The number of carbonyl (C=O) groups is 2. The Bertz CT molecular complexity index is 555. The molecule has 0 radical (unpaired) electrons. The van der Waals surface area contributed by atoms with E-state index in [2.05, 4.69) is 0 Å². The zero-order valence-electron chi connectivity index (χ0n) is 9.33. The lowest BCUT2D eigenvalue weighted by atomic mass is 10.1. The van der Waals surface area contributed by atoms with Gasteiger partial charge in [0.05, 0.1) is 11.3 Å². The molecule has 0 saturated heterocycles. The maximum absolute atomic E-state index is 12.7. The number of alkyl halides is 5. The monoisotopic (exact) mass is 299 g/mol. The Morgan fingerprint density at radius 3 is 2.10 bits per heavy atom. The van der Waals surface area contributed by atoms with E-state index in [0.717, 1.165) is 17.4 Å². The summed E-state index contributed by atoms with van der Waals surface area (Å²) >= 11 is 0. The van der Waals surface area contributed by atoms with E-state index in [1.165, 1.54) is 0 Å². The molecule has 5 nitrogen and oxygen atoms in total. The van der Waals surface area contributed by atoms with E-state index in [0.29, 0.717) is 6.07 Å². The zero-order chi connectivity index (χ0) is 15.7. The number of rotatable bonds is 3. The standard InChI is InChI=1S/C10H6F5NO4/c11-9(12,10(13,14)15)8(20)16-5-3-4(7(18)19)1-2-6(5)17/h1-3,17H,(H,16,20)(H,18,19). The highest BCUT2D eigenvalue weighted by Gasteiger charge is 2.63. The van der Waals surface area contributed by atoms with Crippen LogP contribution in [0.4, 0.5) is 27.6 Å². The predicted molar refractivity (Wildman–Crippen MR) is 54.7 cm³/mol. The van der Waals surface area contributed by atoms with Gasteiger partial charge < -0.3 is 15.5 Å². The number of benzene rings is 1. The van der Waals surface area contributed by atoms with Crippen molar-refractivity contribution < 1.29 is 41.8 Å². The van der Waals surface area contributed by atoms with E-state index < -0.39 is 41.0 Å². The number of aromatic hydroxyl groups is 1. The number of amides is 1. The zero-order valence-corrected chi connectivity index (χ0v) is 9.33. The Morgan fingerprint density at radius 2 is 1.65 bits per heavy atom. The van der Waals surface area contributed by atoms with Gasteiger partial charge in [0.25, 0.3) is 0 Å². The summed E-state index contributed by atoms with van der Waals surface area (Å²) in [5.74, 6) is -10.8. The van der Waals surface area contributed by atoms with Crippen LogP contribution >= 0.6 is 0 Å². The Morgan fingerprint density at radius 1 is 1.10 bits per heavy atom. The second-order valence-electron chi connectivity index (χ2n) is 3.56. The summed E-state index contributed by atoms with van der Waals surface area (Å²) in [5, 5.41) is 18.9. The van der Waals surface area contributed by atoms with Gasteiger partial charge in [-0.25, -0.2) is 4.79 Å². The molecule has 110 valence electrons. The number of halogens is 5. The van der Waals surface area contributed by atoms with Gasteiger partial charge in [-0.05, 0) is 18.2 Å². The summed E-state index contributed by atoms with van der Waals surface area (Å²) in [6.07, 6.45) is -6.11. The second-order valence-corrected chi connectivity index (χ2v) is 3.56. The van der Waals surface area contributed by atoms with Crippen molar-refractivity contribution in [2.45, 2.75) is 12.1 Å². The molecule has 1 rings (SSSR count).